The normalized spacial score (nSPS) is 17.1. The molecule has 0 radical (unpaired) electrons. The molecule has 2 aliphatic rings. The van der Waals surface area contributed by atoms with E-state index in [2.05, 4.69) is 52.0 Å². The fourth-order valence-corrected chi connectivity index (χ4v) is 4.47. The van der Waals surface area contributed by atoms with Crippen LogP contribution in [0.5, 0.6) is 5.75 Å². The second kappa shape index (κ2) is 21.0. The standard InChI is InChI=1S/C14H22.C11H11F3O3.C8H14O2.C3H6/c1-4-6-13(7-5-2)14-10-8-12(3)9-11-14;1-2-7-3-8(11(12,13)14)5-9(4-7)17-6-10(15)16;1-6-3-4-8(7(2)9)10-5-6;1-2-3-1/h8-11,13H,4-7H2,1-3H3;3-5H,2,6H2,1H3,(H,15,16);6,8H,3-5H2,1-2H3;1-3H2. The van der Waals surface area contributed by atoms with E-state index in [4.69, 9.17) is 14.6 Å². The summed E-state index contributed by atoms with van der Waals surface area (Å²) in [5.41, 5.74) is 2.50. The number of carboxylic acid groups (broad SMARTS) is 1. The maximum absolute atomic E-state index is 12.5. The first kappa shape index (κ1) is 39.2. The number of rotatable bonds is 10. The number of ether oxygens (including phenoxy) is 2. The van der Waals surface area contributed by atoms with Crippen molar-refractivity contribution in [3.8, 4) is 5.75 Å². The zero-order valence-corrected chi connectivity index (χ0v) is 27.5. The first-order valence-corrected chi connectivity index (χ1v) is 16.0. The molecule has 2 aromatic rings. The van der Waals surface area contributed by atoms with Crippen LogP contribution in [0.2, 0.25) is 0 Å². The van der Waals surface area contributed by atoms with Gasteiger partial charge in [-0.05, 0) is 87.1 Å². The third-order valence-corrected chi connectivity index (χ3v) is 7.20. The minimum Gasteiger partial charge on any atom is -0.482 e. The minimum absolute atomic E-state index is 0.0842. The summed E-state index contributed by atoms with van der Waals surface area (Å²) in [5.74, 6) is 0.271. The van der Waals surface area contributed by atoms with Crippen molar-refractivity contribution < 1.29 is 37.3 Å². The summed E-state index contributed by atoms with van der Waals surface area (Å²) in [6, 6.07) is 12.3. The second-order valence-electron chi connectivity index (χ2n) is 11.8. The molecule has 2 fully saturated rings. The Hall–Kier alpha value is -2.87. The van der Waals surface area contributed by atoms with Gasteiger partial charge in [0, 0.05) is 0 Å². The molecule has 8 heteroatoms. The number of hydrogen-bond donors (Lipinski definition) is 1. The van der Waals surface area contributed by atoms with Gasteiger partial charge in [0.15, 0.2) is 12.4 Å². The highest BCUT2D eigenvalue weighted by Gasteiger charge is 2.31. The van der Waals surface area contributed by atoms with E-state index in [1.165, 1.54) is 62.1 Å². The monoisotopic (exact) mass is 622 g/mol. The molecule has 4 rings (SSSR count). The molecule has 1 saturated heterocycles. The van der Waals surface area contributed by atoms with Crippen molar-refractivity contribution in [2.45, 2.75) is 124 Å². The first-order valence-electron chi connectivity index (χ1n) is 16.0. The second-order valence-corrected chi connectivity index (χ2v) is 11.8. The Morgan fingerprint density at radius 1 is 0.977 bits per heavy atom. The van der Waals surface area contributed by atoms with Gasteiger partial charge in [-0.2, -0.15) is 13.2 Å². The minimum atomic E-state index is -4.47. The van der Waals surface area contributed by atoms with Gasteiger partial charge in [-0.1, -0.05) is 89.6 Å². The molecule has 44 heavy (non-hydrogen) atoms. The van der Waals surface area contributed by atoms with Crippen molar-refractivity contribution in [1.29, 1.82) is 0 Å². The number of Topliss-reactive ketones (excluding diaryl/α,β-unsaturated/α-hetero) is 1. The molecule has 0 aromatic heterocycles. The van der Waals surface area contributed by atoms with Crippen molar-refractivity contribution in [3.05, 3.63) is 64.7 Å². The number of hydrogen-bond acceptors (Lipinski definition) is 4. The maximum atomic E-state index is 12.5. The molecule has 0 amide bonds. The van der Waals surface area contributed by atoms with Crippen LogP contribution in [-0.2, 0) is 26.9 Å². The summed E-state index contributed by atoms with van der Waals surface area (Å²) in [5, 5.41) is 8.38. The number of benzene rings is 2. The first-order chi connectivity index (χ1) is 20.8. The molecule has 0 spiro atoms. The van der Waals surface area contributed by atoms with Crippen LogP contribution in [0.15, 0.2) is 42.5 Å². The number of ketones is 1. The molecule has 1 N–H and O–H groups in total. The summed E-state index contributed by atoms with van der Waals surface area (Å²) in [7, 11) is 0. The van der Waals surface area contributed by atoms with Crippen molar-refractivity contribution >= 4 is 11.8 Å². The van der Waals surface area contributed by atoms with Crippen LogP contribution >= 0.6 is 0 Å². The maximum Gasteiger partial charge on any atom is 0.416 e. The van der Waals surface area contributed by atoms with Gasteiger partial charge in [0.05, 0.1) is 12.2 Å². The SMILES string of the molecule is C1CC1.CC(=O)C1CCC(C)CO1.CCCC(CCC)c1ccc(C)cc1.CCc1cc(OCC(=O)O)cc(C(F)(F)F)c1. The summed E-state index contributed by atoms with van der Waals surface area (Å²) in [6.07, 6.45) is 7.63. The third kappa shape index (κ3) is 17.4. The van der Waals surface area contributed by atoms with Gasteiger partial charge in [-0.25, -0.2) is 4.79 Å². The smallest absolute Gasteiger partial charge is 0.416 e. The number of halogens is 3. The lowest BCUT2D eigenvalue weighted by molar-refractivity contribution is -0.139. The van der Waals surface area contributed by atoms with E-state index in [1.807, 2.05) is 0 Å². The predicted octanol–water partition coefficient (Wildman–Crippen LogP) is 9.97. The topological polar surface area (TPSA) is 72.8 Å². The van der Waals surface area contributed by atoms with Crippen LogP contribution in [0.1, 0.15) is 121 Å². The van der Waals surface area contributed by atoms with Gasteiger partial charge in [0.25, 0.3) is 0 Å². The van der Waals surface area contributed by atoms with Gasteiger partial charge in [0.1, 0.15) is 11.9 Å². The molecular weight excluding hydrogens is 569 g/mol. The number of carbonyl (C=O) groups excluding carboxylic acids is 1. The highest BCUT2D eigenvalue weighted by molar-refractivity contribution is 5.80. The molecule has 5 nitrogen and oxygen atoms in total. The highest BCUT2D eigenvalue weighted by Crippen LogP contribution is 2.33. The van der Waals surface area contributed by atoms with E-state index in [-0.39, 0.29) is 17.6 Å². The van der Waals surface area contributed by atoms with Crippen molar-refractivity contribution in [2.75, 3.05) is 13.2 Å². The largest absolute Gasteiger partial charge is 0.482 e. The van der Waals surface area contributed by atoms with Crippen LogP contribution in [0.25, 0.3) is 0 Å². The van der Waals surface area contributed by atoms with Crippen LogP contribution in [0.3, 0.4) is 0 Å². The zero-order valence-electron chi connectivity index (χ0n) is 27.5. The fraction of sp³-hybridized carbons (Fsp3) is 0.611. The van der Waals surface area contributed by atoms with Crippen LogP contribution in [0, 0.1) is 12.8 Å². The third-order valence-electron chi connectivity index (χ3n) is 7.20. The Labute approximate surface area is 262 Å². The average molecular weight is 623 g/mol. The van der Waals surface area contributed by atoms with Gasteiger partial charge < -0.3 is 14.6 Å². The molecule has 1 heterocycles. The molecule has 1 saturated carbocycles. The molecular formula is C36H53F3O5. The Kier molecular flexibility index (Phi) is 18.7. The number of alkyl halides is 3. The van der Waals surface area contributed by atoms with E-state index in [0.717, 1.165) is 37.5 Å². The summed E-state index contributed by atoms with van der Waals surface area (Å²) < 4.78 is 47.6. The lowest BCUT2D eigenvalue weighted by atomic mass is 9.90. The molecule has 2 aromatic carbocycles. The van der Waals surface area contributed by atoms with E-state index < -0.39 is 24.3 Å². The van der Waals surface area contributed by atoms with Gasteiger partial charge in [0.2, 0.25) is 0 Å². The van der Waals surface area contributed by atoms with Crippen molar-refractivity contribution in [2.24, 2.45) is 5.92 Å². The van der Waals surface area contributed by atoms with Crippen LogP contribution < -0.4 is 4.74 Å². The number of aliphatic carboxylic acids is 1. The van der Waals surface area contributed by atoms with Gasteiger partial charge >= 0.3 is 12.1 Å². The van der Waals surface area contributed by atoms with E-state index >= 15 is 0 Å². The zero-order chi connectivity index (χ0) is 33.1. The number of carbonyl (C=O) groups is 2. The Morgan fingerprint density at radius 3 is 1.98 bits per heavy atom. The Balaban J connectivity index is 0.000000322. The van der Waals surface area contributed by atoms with E-state index in [0.29, 0.717) is 17.9 Å². The summed E-state index contributed by atoms with van der Waals surface area (Å²) in [6.45, 7) is 12.2. The van der Waals surface area contributed by atoms with E-state index in [9.17, 15) is 22.8 Å². The summed E-state index contributed by atoms with van der Waals surface area (Å²) in [4.78, 5) is 21.0. The van der Waals surface area contributed by atoms with E-state index in [1.54, 1.807) is 13.8 Å². The van der Waals surface area contributed by atoms with Gasteiger partial charge in [-0.15, -0.1) is 0 Å². The van der Waals surface area contributed by atoms with Crippen molar-refractivity contribution in [3.63, 3.8) is 0 Å². The van der Waals surface area contributed by atoms with Crippen molar-refractivity contribution in [1.82, 2.24) is 0 Å². The molecule has 0 bridgehead atoms. The molecule has 2 atom stereocenters. The molecule has 2 unspecified atom stereocenters. The molecule has 248 valence electrons. The molecule has 1 aliphatic carbocycles. The Bertz CT molecular complexity index is 1080. The summed E-state index contributed by atoms with van der Waals surface area (Å²) >= 11 is 0. The average Bonchev–Trinajstić information content (AvgIpc) is 3.87. The van der Waals surface area contributed by atoms with Crippen LogP contribution in [0.4, 0.5) is 13.2 Å². The predicted molar refractivity (Wildman–Crippen MR) is 170 cm³/mol. The highest BCUT2D eigenvalue weighted by atomic mass is 19.4. The number of carboxylic acids is 1. The Morgan fingerprint density at radius 2 is 1.57 bits per heavy atom. The lowest BCUT2D eigenvalue weighted by Crippen LogP contribution is -2.29. The van der Waals surface area contributed by atoms with Crippen LogP contribution in [-0.4, -0.2) is 36.2 Å². The quantitative estimate of drug-likeness (QED) is 0.286. The van der Waals surface area contributed by atoms with Gasteiger partial charge in [-0.3, -0.25) is 4.79 Å². The molecule has 1 aliphatic heterocycles. The fourth-order valence-electron chi connectivity index (χ4n) is 4.47. The lowest BCUT2D eigenvalue weighted by Gasteiger charge is -2.24. The number of aryl methyl sites for hydroxylation is 2.